The van der Waals surface area contributed by atoms with E-state index in [1.807, 2.05) is 36.4 Å². The normalized spacial score (nSPS) is 14.5. The molecule has 6 heteroatoms. The van der Waals surface area contributed by atoms with Gasteiger partial charge in [-0.05, 0) is 54.3 Å². The second-order valence-electron chi connectivity index (χ2n) is 8.69. The zero-order valence-corrected chi connectivity index (χ0v) is 19.8. The molecule has 5 nitrogen and oxygen atoms in total. The van der Waals surface area contributed by atoms with Crippen molar-refractivity contribution in [2.75, 3.05) is 12.4 Å². The van der Waals surface area contributed by atoms with E-state index in [0.29, 0.717) is 16.8 Å². The van der Waals surface area contributed by atoms with Crippen molar-refractivity contribution in [3.8, 4) is 17.0 Å². The lowest BCUT2D eigenvalue weighted by Crippen LogP contribution is -2.18. The number of halogens is 1. The van der Waals surface area contributed by atoms with Crippen LogP contribution in [0.4, 0.5) is 5.82 Å². The van der Waals surface area contributed by atoms with Crippen molar-refractivity contribution in [1.82, 2.24) is 9.97 Å². The Balaban J connectivity index is 1.56. The lowest BCUT2D eigenvalue weighted by atomic mass is 9.94. The first-order chi connectivity index (χ1) is 16.1. The van der Waals surface area contributed by atoms with Gasteiger partial charge in [0.25, 0.3) is 0 Å². The summed E-state index contributed by atoms with van der Waals surface area (Å²) in [6.45, 7) is 0. The summed E-state index contributed by atoms with van der Waals surface area (Å²) in [5.74, 6) is 1.83. The maximum Gasteiger partial charge on any atom is 0.229 e. The Labute approximate surface area is 200 Å². The molecule has 1 amide bonds. The Kier molecular flexibility index (Phi) is 7.95. The SMILES string of the molecule is COc1ccc(-c2cnc(NC(=O)Cc3ccc(Cl)cc3)c(CC3CCCCCC3)n2)cc1. The summed E-state index contributed by atoms with van der Waals surface area (Å²) in [5, 5.41) is 3.67. The van der Waals surface area contributed by atoms with Gasteiger partial charge in [0.15, 0.2) is 5.82 Å². The van der Waals surface area contributed by atoms with Crippen LogP contribution < -0.4 is 10.1 Å². The third-order valence-electron chi connectivity index (χ3n) is 6.22. The van der Waals surface area contributed by atoms with Crippen molar-refractivity contribution >= 4 is 23.3 Å². The number of hydrogen-bond acceptors (Lipinski definition) is 4. The molecule has 0 radical (unpaired) electrons. The quantitative estimate of drug-likeness (QED) is 0.406. The van der Waals surface area contributed by atoms with Crippen molar-refractivity contribution < 1.29 is 9.53 Å². The molecule has 0 spiro atoms. The second kappa shape index (κ2) is 11.3. The van der Waals surface area contributed by atoms with Crippen LogP contribution in [0, 0.1) is 5.92 Å². The highest BCUT2D eigenvalue weighted by molar-refractivity contribution is 6.30. The van der Waals surface area contributed by atoms with Crippen LogP contribution in [-0.4, -0.2) is 23.0 Å². The summed E-state index contributed by atoms with van der Waals surface area (Å²) in [4.78, 5) is 22.4. The number of hydrogen-bond donors (Lipinski definition) is 1. The highest BCUT2D eigenvalue weighted by Crippen LogP contribution is 2.29. The lowest BCUT2D eigenvalue weighted by molar-refractivity contribution is -0.115. The van der Waals surface area contributed by atoms with Crippen LogP contribution >= 0.6 is 11.6 Å². The number of anilines is 1. The molecule has 0 unspecified atom stereocenters. The number of nitrogens with zero attached hydrogens (tertiary/aromatic N) is 2. The Morgan fingerprint density at radius 3 is 2.39 bits per heavy atom. The van der Waals surface area contributed by atoms with Crippen molar-refractivity contribution in [3.63, 3.8) is 0 Å². The first kappa shape index (κ1) is 23.2. The number of nitrogens with one attached hydrogen (secondary N) is 1. The van der Waals surface area contributed by atoms with E-state index < -0.39 is 0 Å². The van der Waals surface area contributed by atoms with Gasteiger partial charge in [0.1, 0.15) is 5.75 Å². The first-order valence-electron chi connectivity index (χ1n) is 11.7. The maximum atomic E-state index is 12.8. The molecule has 3 aromatic rings. The topological polar surface area (TPSA) is 64.1 Å². The van der Waals surface area contributed by atoms with E-state index in [4.69, 9.17) is 21.3 Å². The van der Waals surface area contributed by atoms with E-state index in [1.165, 1.54) is 38.5 Å². The predicted octanol–water partition coefficient (Wildman–Crippen LogP) is 6.50. The van der Waals surface area contributed by atoms with E-state index in [2.05, 4.69) is 10.3 Å². The number of rotatable bonds is 7. The molecule has 0 atom stereocenters. The van der Waals surface area contributed by atoms with Crippen LogP contribution in [0.15, 0.2) is 54.7 Å². The number of carbonyl (C=O) groups is 1. The van der Waals surface area contributed by atoms with Gasteiger partial charge in [-0.3, -0.25) is 4.79 Å². The third-order valence-corrected chi connectivity index (χ3v) is 6.47. The predicted molar refractivity (Wildman–Crippen MR) is 133 cm³/mol. The molecule has 172 valence electrons. The van der Waals surface area contributed by atoms with E-state index in [9.17, 15) is 4.79 Å². The number of aromatic nitrogens is 2. The van der Waals surface area contributed by atoms with Crippen LogP contribution in [0.3, 0.4) is 0 Å². The van der Waals surface area contributed by atoms with Crippen molar-refractivity contribution in [2.24, 2.45) is 5.92 Å². The van der Waals surface area contributed by atoms with Crippen LogP contribution in [0.1, 0.15) is 49.8 Å². The number of ether oxygens (including phenoxy) is 1. The minimum Gasteiger partial charge on any atom is -0.497 e. The molecule has 33 heavy (non-hydrogen) atoms. The number of benzene rings is 2. The molecule has 1 aliphatic carbocycles. The van der Waals surface area contributed by atoms with E-state index in [1.54, 1.807) is 25.4 Å². The number of amides is 1. The highest BCUT2D eigenvalue weighted by atomic mass is 35.5. The van der Waals surface area contributed by atoms with Gasteiger partial charge in [-0.1, -0.05) is 62.3 Å². The molecule has 2 aromatic carbocycles. The van der Waals surface area contributed by atoms with Crippen LogP contribution in [-0.2, 0) is 17.6 Å². The van der Waals surface area contributed by atoms with Crippen molar-refractivity contribution in [2.45, 2.75) is 51.4 Å². The van der Waals surface area contributed by atoms with Crippen LogP contribution in [0.25, 0.3) is 11.3 Å². The zero-order chi connectivity index (χ0) is 23.0. The summed E-state index contributed by atoms with van der Waals surface area (Å²) < 4.78 is 5.27. The Morgan fingerprint density at radius 2 is 1.73 bits per heavy atom. The fraction of sp³-hybridized carbons (Fsp3) is 0.370. The van der Waals surface area contributed by atoms with Gasteiger partial charge in [-0.15, -0.1) is 0 Å². The smallest absolute Gasteiger partial charge is 0.229 e. The van der Waals surface area contributed by atoms with Crippen molar-refractivity contribution in [1.29, 1.82) is 0 Å². The molecule has 1 aliphatic rings. The van der Waals surface area contributed by atoms with Crippen LogP contribution in [0.5, 0.6) is 5.75 Å². The van der Waals surface area contributed by atoms with Gasteiger partial charge in [-0.25, -0.2) is 9.97 Å². The van der Waals surface area contributed by atoms with Gasteiger partial charge >= 0.3 is 0 Å². The number of methoxy groups -OCH3 is 1. The maximum absolute atomic E-state index is 12.8. The zero-order valence-electron chi connectivity index (χ0n) is 19.0. The van der Waals surface area contributed by atoms with Crippen LogP contribution in [0.2, 0.25) is 5.02 Å². The lowest BCUT2D eigenvalue weighted by Gasteiger charge is -2.17. The van der Waals surface area contributed by atoms with E-state index >= 15 is 0 Å². The van der Waals surface area contributed by atoms with Gasteiger partial charge in [0.2, 0.25) is 5.91 Å². The minimum absolute atomic E-state index is 0.106. The largest absolute Gasteiger partial charge is 0.497 e. The Morgan fingerprint density at radius 1 is 1.03 bits per heavy atom. The first-order valence-corrected chi connectivity index (χ1v) is 12.0. The van der Waals surface area contributed by atoms with E-state index in [0.717, 1.165) is 34.7 Å². The number of carbonyl (C=O) groups excluding carboxylic acids is 1. The van der Waals surface area contributed by atoms with Gasteiger partial charge in [-0.2, -0.15) is 0 Å². The molecule has 1 aromatic heterocycles. The average Bonchev–Trinajstić information content (AvgIpc) is 3.10. The molecule has 0 aliphatic heterocycles. The molecule has 4 rings (SSSR count). The molecule has 0 bridgehead atoms. The third kappa shape index (κ3) is 6.55. The molecule has 1 heterocycles. The summed E-state index contributed by atoms with van der Waals surface area (Å²) in [5.41, 5.74) is 3.55. The Bertz CT molecular complexity index is 1060. The monoisotopic (exact) mass is 463 g/mol. The fourth-order valence-electron chi connectivity index (χ4n) is 4.38. The molecular weight excluding hydrogens is 434 g/mol. The summed E-state index contributed by atoms with van der Waals surface area (Å²) in [7, 11) is 1.65. The summed E-state index contributed by atoms with van der Waals surface area (Å²) in [6, 6.07) is 15.1. The molecule has 1 fully saturated rings. The fourth-order valence-corrected chi connectivity index (χ4v) is 4.51. The summed E-state index contributed by atoms with van der Waals surface area (Å²) >= 11 is 5.96. The molecule has 1 N–H and O–H groups in total. The van der Waals surface area contributed by atoms with Gasteiger partial charge < -0.3 is 10.1 Å². The highest BCUT2D eigenvalue weighted by Gasteiger charge is 2.19. The molecule has 1 saturated carbocycles. The van der Waals surface area contributed by atoms with E-state index in [-0.39, 0.29) is 12.3 Å². The van der Waals surface area contributed by atoms with Gasteiger partial charge in [0.05, 0.1) is 31.1 Å². The van der Waals surface area contributed by atoms with Crippen molar-refractivity contribution in [3.05, 3.63) is 71.0 Å². The Hall–Kier alpha value is -2.92. The minimum atomic E-state index is -0.106. The summed E-state index contributed by atoms with van der Waals surface area (Å²) in [6.07, 6.45) is 10.4. The average molecular weight is 464 g/mol. The molecular formula is C27H30ClN3O2. The standard InChI is InChI=1S/C27H30ClN3O2/c1-33-23-14-10-21(11-15-23)25-18-29-27(24(30-25)16-19-6-4-2-3-5-7-19)31-26(32)17-20-8-12-22(28)13-9-20/h8-15,18-19H,2-7,16-17H2,1H3,(H,29,31,32). The van der Waals surface area contributed by atoms with Gasteiger partial charge in [0, 0.05) is 10.6 Å². The molecule has 0 saturated heterocycles. The second-order valence-corrected chi connectivity index (χ2v) is 9.13.